The van der Waals surface area contributed by atoms with Crippen LogP contribution in [0, 0.1) is 0 Å². The first-order chi connectivity index (χ1) is 9.36. The molecule has 0 aromatic heterocycles. The van der Waals surface area contributed by atoms with Crippen LogP contribution in [-0.4, -0.2) is 6.54 Å². The number of hydrogen-bond donors (Lipinski definition) is 1. The van der Waals surface area contributed by atoms with Crippen LogP contribution in [0.5, 0.6) is 0 Å². The van der Waals surface area contributed by atoms with Gasteiger partial charge in [-0.25, -0.2) is 0 Å². The van der Waals surface area contributed by atoms with Crippen LogP contribution in [0.1, 0.15) is 69.9 Å². The van der Waals surface area contributed by atoms with Crippen LogP contribution in [0.4, 0.5) is 0 Å². The van der Waals surface area contributed by atoms with Crippen molar-refractivity contribution in [1.29, 1.82) is 0 Å². The molecule has 0 spiro atoms. The summed E-state index contributed by atoms with van der Waals surface area (Å²) in [6.45, 7) is 6.67. The second-order valence-corrected chi connectivity index (χ2v) is 5.51. The fourth-order valence-corrected chi connectivity index (χ4v) is 2.31. The molecule has 0 aliphatic carbocycles. The van der Waals surface area contributed by atoms with Crippen LogP contribution in [0.3, 0.4) is 0 Å². The minimum absolute atomic E-state index is 1.01. The molecule has 1 rings (SSSR count). The second-order valence-electron chi connectivity index (χ2n) is 5.51. The van der Waals surface area contributed by atoms with Gasteiger partial charge >= 0.3 is 0 Å². The quantitative estimate of drug-likeness (QED) is 0.547. The van der Waals surface area contributed by atoms with Gasteiger partial charge in [0.15, 0.2) is 0 Å². The van der Waals surface area contributed by atoms with Crippen LogP contribution >= 0.6 is 0 Å². The SMILES string of the molecule is CCCCCCc1ccc(CNCCCCC)cc1. The van der Waals surface area contributed by atoms with E-state index in [4.69, 9.17) is 0 Å². The van der Waals surface area contributed by atoms with E-state index in [1.165, 1.54) is 62.5 Å². The fourth-order valence-electron chi connectivity index (χ4n) is 2.31. The predicted molar refractivity (Wildman–Crippen MR) is 85.5 cm³/mol. The standard InChI is InChI=1S/C18H31N/c1-3-5-7-8-10-17-11-13-18(14-12-17)16-19-15-9-6-4-2/h11-14,19H,3-10,15-16H2,1-2H3. The first-order valence-corrected chi connectivity index (χ1v) is 8.15. The van der Waals surface area contributed by atoms with Gasteiger partial charge in [0.05, 0.1) is 0 Å². The average molecular weight is 261 g/mol. The van der Waals surface area contributed by atoms with E-state index in [0.29, 0.717) is 0 Å². The van der Waals surface area contributed by atoms with Crippen molar-refractivity contribution in [1.82, 2.24) is 5.32 Å². The normalized spacial score (nSPS) is 10.8. The average Bonchev–Trinajstić information content (AvgIpc) is 2.45. The van der Waals surface area contributed by atoms with Crippen LogP contribution < -0.4 is 5.32 Å². The molecular formula is C18H31N. The summed E-state index contributed by atoms with van der Waals surface area (Å²) in [7, 11) is 0. The number of hydrogen-bond acceptors (Lipinski definition) is 1. The maximum absolute atomic E-state index is 3.52. The molecule has 0 unspecified atom stereocenters. The van der Waals surface area contributed by atoms with Crippen molar-refractivity contribution in [2.75, 3.05) is 6.54 Å². The highest BCUT2D eigenvalue weighted by molar-refractivity contribution is 5.22. The molecule has 0 fully saturated rings. The van der Waals surface area contributed by atoms with Crippen LogP contribution in [0.2, 0.25) is 0 Å². The molecule has 0 saturated carbocycles. The summed E-state index contributed by atoms with van der Waals surface area (Å²) in [6, 6.07) is 9.16. The van der Waals surface area contributed by atoms with Gasteiger partial charge in [-0.2, -0.15) is 0 Å². The van der Waals surface area contributed by atoms with Gasteiger partial charge in [0.25, 0.3) is 0 Å². The van der Waals surface area contributed by atoms with Crippen LogP contribution in [0.25, 0.3) is 0 Å². The Bertz CT molecular complexity index is 302. The second kappa shape index (κ2) is 11.0. The molecule has 0 bridgehead atoms. The lowest BCUT2D eigenvalue weighted by molar-refractivity contribution is 0.616. The zero-order chi connectivity index (χ0) is 13.8. The van der Waals surface area contributed by atoms with Gasteiger partial charge in [-0.05, 0) is 36.9 Å². The Morgan fingerprint density at radius 1 is 0.737 bits per heavy atom. The van der Waals surface area contributed by atoms with E-state index in [2.05, 4.69) is 43.4 Å². The van der Waals surface area contributed by atoms with E-state index < -0.39 is 0 Å². The van der Waals surface area contributed by atoms with Gasteiger partial charge in [-0.3, -0.25) is 0 Å². The Labute approximate surface area is 119 Å². The zero-order valence-electron chi connectivity index (χ0n) is 12.9. The summed E-state index contributed by atoms with van der Waals surface area (Å²) < 4.78 is 0. The lowest BCUT2D eigenvalue weighted by Gasteiger charge is -2.06. The Hall–Kier alpha value is -0.820. The summed E-state index contributed by atoms with van der Waals surface area (Å²) in [5, 5.41) is 3.52. The summed E-state index contributed by atoms with van der Waals surface area (Å²) in [4.78, 5) is 0. The molecule has 1 aromatic carbocycles. The summed E-state index contributed by atoms with van der Waals surface area (Å²) in [6.07, 6.45) is 10.6. The van der Waals surface area contributed by atoms with Crippen LogP contribution in [-0.2, 0) is 13.0 Å². The molecule has 0 heterocycles. The van der Waals surface area contributed by atoms with Crippen molar-refractivity contribution in [2.24, 2.45) is 0 Å². The Morgan fingerprint density at radius 2 is 1.37 bits per heavy atom. The Kier molecular flexibility index (Phi) is 9.44. The van der Waals surface area contributed by atoms with E-state index in [9.17, 15) is 0 Å². The monoisotopic (exact) mass is 261 g/mol. The topological polar surface area (TPSA) is 12.0 Å². The number of benzene rings is 1. The zero-order valence-corrected chi connectivity index (χ0v) is 12.9. The molecule has 19 heavy (non-hydrogen) atoms. The number of unbranched alkanes of at least 4 members (excludes halogenated alkanes) is 5. The third-order valence-corrected chi connectivity index (χ3v) is 3.63. The van der Waals surface area contributed by atoms with E-state index in [-0.39, 0.29) is 0 Å². The molecule has 1 nitrogen and oxygen atoms in total. The van der Waals surface area contributed by atoms with Gasteiger partial charge in [0, 0.05) is 6.54 Å². The third kappa shape index (κ3) is 8.05. The maximum atomic E-state index is 3.52. The molecule has 0 radical (unpaired) electrons. The van der Waals surface area contributed by atoms with Crippen molar-refractivity contribution >= 4 is 0 Å². The van der Waals surface area contributed by atoms with Crippen LogP contribution in [0.15, 0.2) is 24.3 Å². The van der Waals surface area contributed by atoms with E-state index in [0.717, 1.165) is 13.1 Å². The van der Waals surface area contributed by atoms with Gasteiger partial charge in [0.1, 0.15) is 0 Å². The fraction of sp³-hybridized carbons (Fsp3) is 0.667. The van der Waals surface area contributed by atoms with E-state index in [1.807, 2.05) is 0 Å². The minimum Gasteiger partial charge on any atom is -0.313 e. The van der Waals surface area contributed by atoms with E-state index in [1.54, 1.807) is 0 Å². The molecule has 108 valence electrons. The largest absolute Gasteiger partial charge is 0.313 e. The molecule has 0 aliphatic rings. The van der Waals surface area contributed by atoms with Gasteiger partial charge in [-0.15, -0.1) is 0 Å². The lowest BCUT2D eigenvalue weighted by Crippen LogP contribution is -2.14. The predicted octanol–water partition coefficient (Wildman–Crippen LogP) is 5.09. The van der Waals surface area contributed by atoms with Crippen molar-refractivity contribution in [3.63, 3.8) is 0 Å². The van der Waals surface area contributed by atoms with Crippen molar-refractivity contribution in [3.05, 3.63) is 35.4 Å². The van der Waals surface area contributed by atoms with Gasteiger partial charge in [0.2, 0.25) is 0 Å². The van der Waals surface area contributed by atoms with Crippen molar-refractivity contribution in [3.8, 4) is 0 Å². The highest BCUT2D eigenvalue weighted by atomic mass is 14.8. The number of nitrogens with one attached hydrogen (secondary N) is 1. The smallest absolute Gasteiger partial charge is 0.0205 e. The summed E-state index contributed by atoms with van der Waals surface area (Å²) >= 11 is 0. The number of aryl methyl sites for hydroxylation is 1. The number of rotatable bonds is 11. The highest BCUT2D eigenvalue weighted by Gasteiger charge is 1.96. The van der Waals surface area contributed by atoms with Gasteiger partial charge < -0.3 is 5.32 Å². The molecule has 0 aliphatic heterocycles. The molecule has 0 amide bonds. The van der Waals surface area contributed by atoms with Crippen molar-refractivity contribution < 1.29 is 0 Å². The van der Waals surface area contributed by atoms with E-state index >= 15 is 0 Å². The minimum atomic E-state index is 1.01. The van der Waals surface area contributed by atoms with Crippen molar-refractivity contribution in [2.45, 2.75) is 71.8 Å². The molecular weight excluding hydrogens is 230 g/mol. The summed E-state index contributed by atoms with van der Waals surface area (Å²) in [5.74, 6) is 0. The lowest BCUT2D eigenvalue weighted by atomic mass is 10.0. The third-order valence-electron chi connectivity index (χ3n) is 3.63. The maximum Gasteiger partial charge on any atom is 0.0205 e. The first-order valence-electron chi connectivity index (χ1n) is 8.15. The molecule has 0 saturated heterocycles. The molecule has 0 atom stereocenters. The highest BCUT2D eigenvalue weighted by Crippen LogP contribution is 2.09. The Morgan fingerprint density at radius 3 is 2.05 bits per heavy atom. The molecule has 1 heteroatoms. The molecule has 1 aromatic rings. The van der Waals surface area contributed by atoms with Gasteiger partial charge in [-0.1, -0.05) is 70.2 Å². The Balaban J connectivity index is 2.16. The summed E-state index contributed by atoms with van der Waals surface area (Å²) in [5.41, 5.74) is 2.90. The molecule has 1 N–H and O–H groups in total. The first kappa shape index (κ1) is 16.2.